The molecule has 0 bridgehead atoms. The third-order valence-electron chi connectivity index (χ3n) is 3.70. The fraction of sp³-hybridized carbons (Fsp3) is 0.278. The van der Waals surface area contributed by atoms with E-state index in [0.29, 0.717) is 6.54 Å². The van der Waals surface area contributed by atoms with Crippen molar-refractivity contribution in [1.82, 2.24) is 5.32 Å². The number of nitrogens with two attached hydrogens (primary N) is 1. The zero-order valence-electron chi connectivity index (χ0n) is 13.3. The highest BCUT2D eigenvalue weighted by Crippen LogP contribution is 2.20. The standard InChI is InChI=1S/C18H21BrN2O.ClH/c1-13-4-3-5-14(12-13)10-11-21-17(22)18(2,20)15-6-8-16(19)9-7-15;/h3-9,12H,10-11,20H2,1-2H3,(H,21,22);1H. The summed E-state index contributed by atoms with van der Waals surface area (Å²) < 4.78 is 0.965. The zero-order valence-corrected chi connectivity index (χ0v) is 15.7. The van der Waals surface area contributed by atoms with Gasteiger partial charge in [-0.05, 0) is 43.5 Å². The van der Waals surface area contributed by atoms with Crippen LogP contribution in [0.25, 0.3) is 0 Å². The molecule has 0 aromatic heterocycles. The second-order valence-corrected chi connectivity index (χ2v) is 6.62. The Morgan fingerprint density at radius 1 is 1.22 bits per heavy atom. The van der Waals surface area contributed by atoms with Crippen molar-refractivity contribution < 1.29 is 4.79 Å². The summed E-state index contributed by atoms with van der Waals surface area (Å²) in [6.45, 7) is 4.37. The number of nitrogens with one attached hydrogen (secondary N) is 1. The Balaban J connectivity index is 0.00000264. The predicted octanol–water partition coefficient (Wildman–Crippen LogP) is 3.71. The van der Waals surface area contributed by atoms with Crippen molar-refractivity contribution in [2.24, 2.45) is 5.73 Å². The van der Waals surface area contributed by atoms with Crippen LogP contribution < -0.4 is 11.1 Å². The van der Waals surface area contributed by atoms with Gasteiger partial charge < -0.3 is 11.1 Å². The normalized spacial score (nSPS) is 12.9. The van der Waals surface area contributed by atoms with Crippen molar-refractivity contribution in [3.8, 4) is 0 Å². The third kappa shape index (κ3) is 5.34. The molecule has 1 atom stereocenters. The number of aryl methyl sites for hydroxylation is 1. The smallest absolute Gasteiger partial charge is 0.244 e. The molecule has 1 unspecified atom stereocenters. The Kier molecular flexibility index (Phi) is 7.26. The van der Waals surface area contributed by atoms with E-state index in [1.54, 1.807) is 6.92 Å². The van der Waals surface area contributed by atoms with E-state index in [1.807, 2.05) is 30.3 Å². The van der Waals surface area contributed by atoms with Crippen LogP contribution in [0.2, 0.25) is 0 Å². The maximum atomic E-state index is 12.4. The molecule has 0 fully saturated rings. The van der Waals surface area contributed by atoms with Gasteiger partial charge in [0.15, 0.2) is 0 Å². The minimum absolute atomic E-state index is 0. The predicted molar refractivity (Wildman–Crippen MR) is 101 cm³/mol. The van der Waals surface area contributed by atoms with Gasteiger partial charge in [-0.15, -0.1) is 12.4 Å². The van der Waals surface area contributed by atoms with Crippen LogP contribution >= 0.6 is 28.3 Å². The van der Waals surface area contributed by atoms with Gasteiger partial charge in [0.1, 0.15) is 5.54 Å². The summed E-state index contributed by atoms with van der Waals surface area (Å²) in [5.41, 5.74) is 8.40. The molecule has 0 heterocycles. The third-order valence-corrected chi connectivity index (χ3v) is 4.23. The van der Waals surface area contributed by atoms with Crippen molar-refractivity contribution >= 4 is 34.2 Å². The highest BCUT2D eigenvalue weighted by Gasteiger charge is 2.29. The lowest BCUT2D eigenvalue weighted by Gasteiger charge is -2.24. The number of carbonyl (C=O) groups excluding carboxylic acids is 1. The number of amides is 1. The van der Waals surface area contributed by atoms with Crippen molar-refractivity contribution in [3.05, 3.63) is 69.7 Å². The molecule has 0 spiro atoms. The van der Waals surface area contributed by atoms with E-state index in [0.717, 1.165) is 16.5 Å². The minimum Gasteiger partial charge on any atom is -0.354 e. The number of hydrogen-bond donors (Lipinski definition) is 2. The molecule has 1 amide bonds. The zero-order chi connectivity index (χ0) is 16.2. The number of carbonyl (C=O) groups is 1. The minimum atomic E-state index is -1.03. The first-order valence-electron chi connectivity index (χ1n) is 7.28. The first-order chi connectivity index (χ1) is 10.4. The maximum Gasteiger partial charge on any atom is 0.244 e. The number of rotatable bonds is 5. The summed E-state index contributed by atoms with van der Waals surface area (Å²) in [7, 11) is 0. The molecule has 2 aromatic rings. The van der Waals surface area contributed by atoms with Gasteiger partial charge in [-0.2, -0.15) is 0 Å². The lowest BCUT2D eigenvalue weighted by molar-refractivity contribution is -0.126. The molecule has 2 rings (SSSR count). The molecule has 3 N–H and O–H groups in total. The molecule has 5 heteroatoms. The summed E-state index contributed by atoms with van der Waals surface area (Å²) in [5.74, 6) is -0.164. The van der Waals surface area contributed by atoms with Crippen LogP contribution in [0.4, 0.5) is 0 Å². The lowest BCUT2D eigenvalue weighted by atomic mass is 9.92. The summed E-state index contributed by atoms with van der Waals surface area (Å²) >= 11 is 3.38. The Hall–Kier alpha value is -1.36. The SMILES string of the molecule is Cc1cccc(CCNC(=O)C(C)(N)c2ccc(Br)cc2)c1.Cl. The van der Waals surface area contributed by atoms with Gasteiger partial charge in [0.25, 0.3) is 0 Å². The summed E-state index contributed by atoms with van der Waals surface area (Å²) in [5, 5.41) is 2.93. The van der Waals surface area contributed by atoms with E-state index in [-0.39, 0.29) is 18.3 Å². The van der Waals surface area contributed by atoms with Gasteiger partial charge in [0.05, 0.1) is 0 Å². The molecule has 0 aliphatic rings. The topological polar surface area (TPSA) is 55.1 Å². The molecule has 124 valence electrons. The molecule has 0 aliphatic carbocycles. The van der Waals surface area contributed by atoms with Crippen LogP contribution in [0.1, 0.15) is 23.6 Å². The van der Waals surface area contributed by atoms with Crippen molar-refractivity contribution in [1.29, 1.82) is 0 Å². The van der Waals surface area contributed by atoms with Crippen LogP contribution in [0.5, 0.6) is 0 Å². The van der Waals surface area contributed by atoms with Gasteiger partial charge >= 0.3 is 0 Å². The number of benzene rings is 2. The quantitative estimate of drug-likeness (QED) is 0.808. The Bertz CT molecular complexity index is 656. The molecule has 0 saturated heterocycles. The largest absolute Gasteiger partial charge is 0.354 e. The van der Waals surface area contributed by atoms with Crippen LogP contribution in [-0.2, 0) is 16.8 Å². The monoisotopic (exact) mass is 396 g/mol. The van der Waals surface area contributed by atoms with Gasteiger partial charge in [-0.3, -0.25) is 4.79 Å². The fourth-order valence-corrected chi connectivity index (χ4v) is 2.56. The van der Waals surface area contributed by atoms with Gasteiger partial charge in [-0.1, -0.05) is 57.9 Å². The van der Waals surface area contributed by atoms with Crippen molar-refractivity contribution in [2.45, 2.75) is 25.8 Å². The average molecular weight is 398 g/mol. The fourth-order valence-electron chi connectivity index (χ4n) is 2.30. The van der Waals surface area contributed by atoms with E-state index in [2.05, 4.69) is 46.4 Å². The van der Waals surface area contributed by atoms with Crippen molar-refractivity contribution in [2.75, 3.05) is 6.54 Å². The van der Waals surface area contributed by atoms with Gasteiger partial charge in [0, 0.05) is 11.0 Å². The molecule has 2 aromatic carbocycles. The summed E-state index contributed by atoms with van der Waals surface area (Å²) in [6.07, 6.45) is 0.795. The van der Waals surface area contributed by atoms with E-state index in [4.69, 9.17) is 5.73 Å². The van der Waals surface area contributed by atoms with Crippen LogP contribution in [0, 0.1) is 6.92 Å². The molecular weight excluding hydrogens is 376 g/mol. The van der Waals surface area contributed by atoms with Crippen LogP contribution in [0.3, 0.4) is 0 Å². The highest BCUT2D eigenvalue weighted by molar-refractivity contribution is 9.10. The Morgan fingerprint density at radius 3 is 2.48 bits per heavy atom. The van der Waals surface area contributed by atoms with Crippen molar-refractivity contribution in [3.63, 3.8) is 0 Å². The lowest BCUT2D eigenvalue weighted by Crippen LogP contribution is -2.49. The van der Waals surface area contributed by atoms with Gasteiger partial charge in [0.2, 0.25) is 5.91 Å². The van der Waals surface area contributed by atoms with E-state index >= 15 is 0 Å². The highest BCUT2D eigenvalue weighted by atomic mass is 79.9. The summed E-state index contributed by atoms with van der Waals surface area (Å²) in [6, 6.07) is 15.8. The number of halogens is 2. The van der Waals surface area contributed by atoms with Crippen LogP contribution in [0.15, 0.2) is 53.0 Å². The second kappa shape index (κ2) is 8.48. The Labute approximate surface area is 152 Å². The summed E-state index contributed by atoms with van der Waals surface area (Å²) in [4.78, 5) is 12.4. The molecule has 23 heavy (non-hydrogen) atoms. The maximum absolute atomic E-state index is 12.4. The molecular formula is C18H22BrClN2O. The van der Waals surface area contributed by atoms with Gasteiger partial charge in [-0.25, -0.2) is 0 Å². The molecule has 3 nitrogen and oxygen atoms in total. The van der Waals surface area contributed by atoms with E-state index in [1.165, 1.54) is 11.1 Å². The van der Waals surface area contributed by atoms with E-state index in [9.17, 15) is 4.79 Å². The first kappa shape index (κ1) is 19.7. The molecule has 0 aliphatic heterocycles. The second-order valence-electron chi connectivity index (χ2n) is 5.70. The molecule has 0 saturated carbocycles. The van der Waals surface area contributed by atoms with E-state index < -0.39 is 5.54 Å². The first-order valence-corrected chi connectivity index (χ1v) is 8.07. The van der Waals surface area contributed by atoms with Crippen LogP contribution in [-0.4, -0.2) is 12.5 Å². The Morgan fingerprint density at radius 2 is 1.87 bits per heavy atom. The average Bonchev–Trinajstić information content (AvgIpc) is 2.47. The molecule has 0 radical (unpaired) electrons. The number of hydrogen-bond acceptors (Lipinski definition) is 2.